The number of aliphatic carboxylic acids is 1. The van der Waals surface area contributed by atoms with Crippen molar-refractivity contribution in [1.29, 1.82) is 0 Å². The Morgan fingerprint density at radius 3 is 2.10 bits per heavy atom. The highest BCUT2D eigenvalue weighted by Gasteiger charge is 2.28. The summed E-state index contributed by atoms with van der Waals surface area (Å²) in [4.78, 5) is 11.1. The van der Waals surface area contributed by atoms with E-state index in [1.807, 2.05) is 48.5 Å². The maximum Gasteiger partial charge on any atom is 0.320 e. The summed E-state index contributed by atoms with van der Waals surface area (Å²) in [6.45, 7) is 1.64. The Hall–Kier alpha value is -2.33. The first-order valence-electron chi connectivity index (χ1n) is 6.51. The number of carboxylic acid groups (broad SMARTS) is 1. The Kier molecular flexibility index (Phi) is 3.16. The van der Waals surface area contributed by atoms with Crippen LogP contribution in [0.5, 0.6) is 11.5 Å². The van der Waals surface area contributed by atoms with Gasteiger partial charge in [0.2, 0.25) is 0 Å². The largest absolute Gasteiger partial charge is 0.480 e. The van der Waals surface area contributed by atoms with Crippen LogP contribution >= 0.6 is 0 Å². The average molecular weight is 269 g/mol. The van der Waals surface area contributed by atoms with E-state index in [0.717, 1.165) is 22.6 Å². The second kappa shape index (κ2) is 4.98. The number of benzene rings is 2. The average Bonchev–Trinajstić information content (AvgIpc) is 2.46. The molecule has 0 fully saturated rings. The molecular formula is C16H15NO3. The summed E-state index contributed by atoms with van der Waals surface area (Å²) in [6, 6.07) is 14.6. The lowest BCUT2D eigenvalue weighted by molar-refractivity contribution is -0.139. The highest BCUT2D eigenvalue weighted by atomic mass is 16.5. The van der Waals surface area contributed by atoms with Gasteiger partial charge in [-0.05, 0) is 19.1 Å². The van der Waals surface area contributed by atoms with E-state index in [2.05, 4.69) is 5.32 Å². The predicted octanol–water partition coefficient (Wildman–Crippen LogP) is 2.94. The van der Waals surface area contributed by atoms with E-state index in [0.29, 0.717) is 0 Å². The number of hydrogen-bond donors (Lipinski definition) is 2. The molecule has 20 heavy (non-hydrogen) atoms. The van der Waals surface area contributed by atoms with Gasteiger partial charge in [0, 0.05) is 11.1 Å². The minimum atomic E-state index is -0.869. The van der Waals surface area contributed by atoms with Gasteiger partial charge in [0.05, 0.1) is 6.04 Å². The van der Waals surface area contributed by atoms with Gasteiger partial charge in [-0.1, -0.05) is 36.4 Å². The fourth-order valence-corrected chi connectivity index (χ4v) is 2.41. The van der Waals surface area contributed by atoms with E-state index in [1.165, 1.54) is 0 Å². The first kappa shape index (κ1) is 12.7. The SMILES string of the molecule is C[C@H](NC1c2ccccc2Oc2ccccc21)C(=O)O. The van der Waals surface area contributed by atoms with Crippen LogP contribution in [0.4, 0.5) is 0 Å². The van der Waals surface area contributed by atoms with Crippen molar-refractivity contribution < 1.29 is 14.6 Å². The number of fused-ring (bicyclic) bond motifs is 2. The molecule has 0 aliphatic carbocycles. The van der Waals surface area contributed by atoms with E-state index in [-0.39, 0.29) is 6.04 Å². The van der Waals surface area contributed by atoms with Crippen molar-refractivity contribution in [3.8, 4) is 11.5 Å². The molecule has 0 spiro atoms. The number of carbonyl (C=O) groups is 1. The summed E-state index contributed by atoms with van der Waals surface area (Å²) in [5.41, 5.74) is 1.92. The van der Waals surface area contributed by atoms with Gasteiger partial charge in [-0.3, -0.25) is 10.1 Å². The third-order valence-corrected chi connectivity index (χ3v) is 3.47. The lowest BCUT2D eigenvalue weighted by Gasteiger charge is -2.30. The summed E-state index contributed by atoms with van der Waals surface area (Å²) in [6.07, 6.45) is 0. The normalized spacial score (nSPS) is 14.8. The van der Waals surface area contributed by atoms with Crippen LogP contribution in [0.1, 0.15) is 24.1 Å². The lowest BCUT2D eigenvalue weighted by Crippen LogP contribution is -2.38. The molecule has 1 aliphatic rings. The number of ether oxygens (including phenoxy) is 1. The van der Waals surface area contributed by atoms with Gasteiger partial charge in [0.1, 0.15) is 17.5 Å². The molecular weight excluding hydrogens is 254 g/mol. The Morgan fingerprint density at radius 1 is 1.10 bits per heavy atom. The third-order valence-electron chi connectivity index (χ3n) is 3.47. The standard InChI is InChI=1S/C16H15NO3/c1-10(16(18)19)17-15-11-6-2-4-8-13(11)20-14-9-5-3-7-12(14)15/h2-10,15,17H,1H3,(H,18,19)/t10-/m0/s1. The molecule has 1 atom stereocenters. The Labute approximate surface area is 117 Å². The summed E-state index contributed by atoms with van der Waals surface area (Å²) < 4.78 is 5.86. The quantitative estimate of drug-likeness (QED) is 0.899. The molecule has 2 aromatic carbocycles. The van der Waals surface area contributed by atoms with E-state index in [4.69, 9.17) is 9.84 Å². The Balaban J connectivity index is 2.05. The number of rotatable bonds is 3. The van der Waals surface area contributed by atoms with Crippen LogP contribution in [0.25, 0.3) is 0 Å². The minimum Gasteiger partial charge on any atom is -0.480 e. The number of carboxylic acids is 1. The van der Waals surface area contributed by atoms with Crippen LogP contribution in [0.3, 0.4) is 0 Å². The molecule has 0 amide bonds. The van der Waals surface area contributed by atoms with Crippen molar-refractivity contribution in [2.24, 2.45) is 0 Å². The van der Waals surface area contributed by atoms with Gasteiger partial charge in [0.25, 0.3) is 0 Å². The molecule has 1 heterocycles. The molecule has 4 heteroatoms. The first-order valence-corrected chi connectivity index (χ1v) is 6.51. The smallest absolute Gasteiger partial charge is 0.320 e. The van der Waals surface area contributed by atoms with Gasteiger partial charge in [-0.2, -0.15) is 0 Å². The maximum absolute atomic E-state index is 11.1. The fraction of sp³-hybridized carbons (Fsp3) is 0.188. The second-order valence-electron chi connectivity index (χ2n) is 4.84. The van der Waals surface area contributed by atoms with Crippen molar-refractivity contribution >= 4 is 5.97 Å². The topological polar surface area (TPSA) is 58.6 Å². The molecule has 0 unspecified atom stereocenters. The number of nitrogens with one attached hydrogen (secondary N) is 1. The first-order chi connectivity index (χ1) is 9.66. The van der Waals surface area contributed by atoms with Crippen LogP contribution in [-0.2, 0) is 4.79 Å². The van der Waals surface area contributed by atoms with Crippen molar-refractivity contribution in [3.63, 3.8) is 0 Å². The van der Waals surface area contributed by atoms with Gasteiger partial charge in [0.15, 0.2) is 0 Å². The number of para-hydroxylation sites is 2. The molecule has 0 radical (unpaired) electrons. The van der Waals surface area contributed by atoms with Gasteiger partial charge < -0.3 is 9.84 Å². The monoisotopic (exact) mass is 269 g/mol. The van der Waals surface area contributed by atoms with E-state index < -0.39 is 12.0 Å². The molecule has 2 N–H and O–H groups in total. The van der Waals surface area contributed by atoms with E-state index in [1.54, 1.807) is 6.92 Å². The van der Waals surface area contributed by atoms with Crippen LogP contribution in [-0.4, -0.2) is 17.1 Å². The molecule has 0 saturated carbocycles. The summed E-state index contributed by atoms with van der Waals surface area (Å²) >= 11 is 0. The minimum absolute atomic E-state index is 0.178. The van der Waals surface area contributed by atoms with Crippen LogP contribution in [0, 0.1) is 0 Å². The van der Waals surface area contributed by atoms with Crippen molar-refractivity contribution in [2.75, 3.05) is 0 Å². The second-order valence-corrected chi connectivity index (χ2v) is 4.84. The van der Waals surface area contributed by atoms with Gasteiger partial charge >= 0.3 is 5.97 Å². The van der Waals surface area contributed by atoms with E-state index >= 15 is 0 Å². The predicted molar refractivity (Wildman–Crippen MR) is 75.0 cm³/mol. The highest BCUT2D eigenvalue weighted by molar-refractivity contribution is 5.73. The Morgan fingerprint density at radius 2 is 1.60 bits per heavy atom. The molecule has 0 bridgehead atoms. The molecule has 3 rings (SSSR count). The zero-order valence-corrected chi connectivity index (χ0v) is 11.0. The van der Waals surface area contributed by atoms with E-state index in [9.17, 15) is 4.79 Å². The number of hydrogen-bond acceptors (Lipinski definition) is 3. The van der Waals surface area contributed by atoms with Crippen molar-refractivity contribution in [2.45, 2.75) is 19.0 Å². The zero-order valence-electron chi connectivity index (χ0n) is 11.0. The van der Waals surface area contributed by atoms with Gasteiger partial charge in [-0.15, -0.1) is 0 Å². The fourth-order valence-electron chi connectivity index (χ4n) is 2.41. The lowest BCUT2D eigenvalue weighted by atomic mass is 9.94. The third kappa shape index (κ3) is 2.14. The maximum atomic E-state index is 11.1. The van der Waals surface area contributed by atoms with Crippen molar-refractivity contribution in [1.82, 2.24) is 5.32 Å². The van der Waals surface area contributed by atoms with Crippen LogP contribution < -0.4 is 10.1 Å². The highest BCUT2D eigenvalue weighted by Crippen LogP contribution is 2.42. The molecule has 4 nitrogen and oxygen atoms in total. The molecule has 0 aromatic heterocycles. The summed E-state index contributed by atoms with van der Waals surface area (Å²) in [7, 11) is 0. The Bertz CT molecular complexity index is 608. The van der Waals surface area contributed by atoms with Crippen LogP contribution in [0.15, 0.2) is 48.5 Å². The van der Waals surface area contributed by atoms with Crippen LogP contribution in [0.2, 0.25) is 0 Å². The zero-order chi connectivity index (χ0) is 14.1. The summed E-state index contributed by atoms with van der Waals surface area (Å²) in [5, 5.41) is 12.3. The molecule has 1 aliphatic heterocycles. The molecule has 2 aromatic rings. The molecule has 102 valence electrons. The van der Waals surface area contributed by atoms with Crippen molar-refractivity contribution in [3.05, 3.63) is 59.7 Å². The van der Waals surface area contributed by atoms with Gasteiger partial charge in [-0.25, -0.2) is 0 Å². The summed E-state index contributed by atoms with van der Waals surface area (Å²) in [5.74, 6) is 0.661. The molecule has 0 saturated heterocycles.